The Morgan fingerprint density at radius 1 is 1.27 bits per heavy atom. The number of hydrogen-bond acceptors (Lipinski definition) is 7. The Morgan fingerprint density at radius 2 is 2.03 bits per heavy atom. The number of benzene rings is 1. The van der Waals surface area contributed by atoms with Crippen LogP contribution in [0.3, 0.4) is 0 Å². The molecule has 160 valence electrons. The van der Waals surface area contributed by atoms with Gasteiger partial charge in [-0.25, -0.2) is 9.78 Å². The number of carbonyl (C=O) groups excluding carboxylic acids is 1. The Balaban J connectivity index is 2.06. The summed E-state index contributed by atoms with van der Waals surface area (Å²) in [5.74, 6) is 7.06. The van der Waals surface area contributed by atoms with Gasteiger partial charge in [0.2, 0.25) is 5.95 Å². The zero-order chi connectivity index (χ0) is 22.1. The first-order chi connectivity index (χ1) is 14.2. The number of rotatable bonds is 6. The van der Waals surface area contributed by atoms with Crippen LogP contribution in [-0.4, -0.2) is 46.8 Å². The molecule has 0 aliphatic rings. The lowest BCUT2D eigenvalue weighted by Gasteiger charge is -2.25. The summed E-state index contributed by atoms with van der Waals surface area (Å²) >= 11 is 0. The van der Waals surface area contributed by atoms with Gasteiger partial charge in [-0.3, -0.25) is 4.90 Å². The lowest BCUT2D eigenvalue weighted by molar-refractivity contribution is 0.0311. The summed E-state index contributed by atoms with van der Waals surface area (Å²) in [7, 11) is 1.68. The van der Waals surface area contributed by atoms with Crippen molar-refractivity contribution >= 4 is 23.5 Å². The van der Waals surface area contributed by atoms with Crippen molar-refractivity contribution in [2.75, 3.05) is 36.6 Å². The highest BCUT2D eigenvalue weighted by atomic mass is 16.6. The van der Waals surface area contributed by atoms with Crippen molar-refractivity contribution in [1.82, 2.24) is 14.9 Å². The fourth-order valence-corrected chi connectivity index (χ4v) is 2.33. The van der Waals surface area contributed by atoms with E-state index in [1.54, 1.807) is 13.2 Å². The molecule has 2 aromatic rings. The van der Waals surface area contributed by atoms with Crippen molar-refractivity contribution in [2.45, 2.75) is 39.7 Å². The van der Waals surface area contributed by atoms with Gasteiger partial charge in [0, 0.05) is 24.8 Å². The lowest BCUT2D eigenvalue weighted by Crippen LogP contribution is -2.36. The smallest absolute Gasteiger partial charge is 0.411 e. The lowest BCUT2D eigenvalue weighted by atomic mass is 10.2. The molecule has 0 aliphatic heterocycles. The highest BCUT2D eigenvalue weighted by molar-refractivity contribution is 5.68. The second kappa shape index (κ2) is 10.3. The maximum atomic E-state index is 12.1. The van der Waals surface area contributed by atoms with Gasteiger partial charge >= 0.3 is 6.09 Å². The number of anilines is 3. The molecule has 0 spiro atoms. The van der Waals surface area contributed by atoms with E-state index in [2.05, 4.69) is 39.4 Å². The molecule has 4 N–H and O–H groups in total. The molecule has 1 aromatic heterocycles. The van der Waals surface area contributed by atoms with Crippen molar-refractivity contribution in [3.63, 3.8) is 0 Å². The summed E-state index contributed by atoms with van der Waals surface area (Å²) in [4.78, 5) is 21.8. The molecule has 1 amide bonds. The van der Waals surface area contributed by atoms with Crippen LogP contribution in [0.5, 0.6) is 0 Å². The van der Waals surface area contributed by atoms with E-state index in [1.807, 2.05) is 45.0 Å². The van der Waals surface area contributed by atoms with Crippen LogP contribution < -0.4 is 16.4 Å². The molecule has 8 nitrogen and oxygen atoms in total. The van der Waals surface area contributed by atoms with Gasteiger partial charge in [-0.15, -0.1) is 0 Å². The van der Waals surface area contributed by atoms with E-state index >= 15 is 0 Å². The second-order valence-corrected chi connectivity index (χ2v) is 7.76. The van der Waals surface area contributed by atoms with Gasteiger partial charge in [0.1, 0.15) is 11.4 Å². The highest BCUT2D eigenvalue weighted by Crippen LogP contribution is 2.14. The minimum absolute atomic E-state index is 0.208. The average molecular weight is 411 g/mol. The van der Waals surface area contributed by atoms with Crippen molar-refractivity contribution < 1.29 is 9.53 Å². The molecule has 2 rings (SSSR count). The number of aromatic nitrogens is 2. The molecule has 0 saturated heterocycles. The van der Waals surface area contributed by atoms with Crippen molar-refractivity contribution in [2.24, 2.45) is 0 Å². The van der Waals surface area contributed by atoms with Gasteiger partial charge in [0.05, 0.1) is 18.4 Å². The summed E-state index contributed by atoms with van der Waals surface area (Å²) < 4.78 is 5.34. The van der Waals surface area contributed by atoms with E-state index in [-0.39, 0.29) is 12.0 Å². The standard InChI is InChI=1S/C22H30N6O2/c1-6-12-24-19-17(14-25-20(23)27-19)11-10-16-8-7-9-18(13-16)26-15-28(5)21(29)30-22(2,3)4/h7-9,13-14,26H,6,12,15H2,1-5H3,(H3,23,24,25,27). The van der Waals surface area contributed by atoms with Gasteiger partial charge in [-0.1, -0.05) is 24.8 Å². The van der Waals surface area contributed by atoms with Gasteiger partial charge in [0.15, 0.2) is 0 Å². The monoisotopic (exact) mass is 410 g/mol. The molecule has 0 bridgehead atoms. The summed E-state index contributed by atoms with van der Waals surface area (Å²) in [6, 6.07) is 7.63. The first kappa shape index (κ1) is 22.8. The van der Waals surface area contributed by atoms with E-state index in [0.717, 1.165) is 24.2 Å². The molecule has 0 saturated carbocycles. The molecule has 0 aliphatic carbocycles. The van der Waals surface area contributed by atoms with Gasteiger partial charge < -0.3 is 21.1 Å². The predicted molar refractivity (Wildman–Crippen MR) is 120 cm³/mol. The molecule has 1 heterocycles. The Morgan fingerprint density at radius 3 is 2.73 bits per heavy atom. The molecule has 8 heteroatoms. The van der Waals surface area contributed by atoms with Crippen molar-refractivity contribution in [3.05, 3.63) is 41.6 Å². The van der Waals surface area contributed by atoms with Crippen molar-refractivity contribution in [3.8, 4) is 11.8 Å². The summed E-state index contributed by atoms with van der Waals surface area (Å²) in [5.41, 5.74) is 7.49. The first-order valence-corrected chi connectivity index (χ1v) is 9.84. The van der Waals surface area contributed by atoms with Gasteiger partial charge in [-0.05, 0) is 45.4 Å². The zero-order valence-corrected chi connectivity index (χ0v) is 18.2. The van der Waals surface area contributed by atoms with Crippen LogP contribution in [0.25, 0.3) is 0 Å². The number of hydrogen-bond donors (Lipinski definition) is 3. The minimum Gasteiger partial charge on any atom is -0.444 e. The fraction of sp³-hybridized carbons (Fsp3) is 0.409. The quantitative estimate of drug-likeness (QED) is 0.494. The number of carbonyl (C=O) groups is 1. The van der Waals surface area contributed by atoms with Crippen LogP contribution in [0.4, 0.5) is 22.2 Å². The predicted octanol–water partition coefficient (Wildman–Crippen LogP) is 3.52. The fourth-order valence-electron chi connectivity index (χ4n) is 2.33. The minimum atomic E-state index is -0.530. The number of nitrogens with zero attached hydrogens (tertiary/aromatic N) is 3. The second-order valence-electron chi connectivity index (χ2n) is 7.76. The summed E-state index contributed by atoms with van der Waals surface area (Å²) in [5, 5.41) is 6.42. The maximum absolute atomic E-state index is 12.1. The van der Waals surface area contributed by atoms with Crippen LogP contribution in [0.1, 0.15) is 45.2 Å². The Kier molecular flexibility index (Phi) is 7.87. The topological polar surface area (TPSA) is 105 Å². The zero-order valence-electron chi connectivity index (χ0n) is 18.2. The Hall–Kier alpha value is -3.47. The van der Waals surface area contributed by atoms with E-state index in [9.17, 15) is 4.79 Å². The van der Waals surface area contributed by atoms with Crippen LogP contribution in [0.15, 0.2) is 30.5 Å². The normalized spacial score (nSPS) is 10.6. The largest absolute Gasteiger partial charge is 0.444 e. The molecular formula is C22H30N6O2. The Labute approximate surface area is 178 Å². The third kappa shape index (κ3) is 7.51. The highest BCUT2D eigenvalue weighted by Gasteiger charge is 2.19. The molecule has 30 heavy (non-hydrogen) atoms. The van der Waals surface area contributed by atoms with E-state index < -0.39 is 5.60 Å². The third-order valence-electron chi connectivity index (χ3n) is 3.78. The molecule has 0 unspecified atom stereocenters. The van der Waals surface area contributed by atoms with Crippen LogP contribution in [-0.2, 0) is 4.74 Å². The SMILES string of the molecule is CCCNc1nc(N)ncc1C#Cc1cccc(NCN(C)C(=O)OC(C)(C)C)c1. The number of nitrogens with one attached hydrogen (secondary N) is 2. The summed E-state index contributed by atoms with van der Waals surface area (Å²) in [6.45, 7) is 8.66. The summed E-state index contributed by atoms with van der Waals surface area (Å²) in [6.07, 6.45) is 2.19. The Bertz CT molecular complexity index is 927. The van der Waals surface area contributed by atoms with Crippen LogP contribution >= 0.6 is 0 Å². The van der Waals surface area contributed by atoms with Gasteiger partial charge in [-0.2, -0.15) is 4.98 Å². The van der Waals surface area contributed by atoms with Crippen LogP contribution in [0.2, 0.25) is 0 Å². The number of nitrogen functional groups attached to an aromatic ring is 1. The van der Waals surface area contributed by atoms with Crippen LogP contribution in [0, 0.1) is 11.8 Å². The van der Waals surface area contributed by atoms with E-state index in [0.29, 0.717) is 18.1 Å². The maximum Gasteiger partial charge on any atom is 0.411 e. The molecule has 0 fully saturated rings. The third-order valence-corrected chi connectivity index (χ3v) is 3.78. The molecule has 1 aromatic carbocycles. The van der Waals surface area contributed by atoms with Crippen molar-refractivity contribution in [1.29, 1.82) is 0 Å². The van der Waals surface area contributed by atoms with Gasteiger partial charge in [0.25, 0.3) is 0 Å². The number of nitrogens with two attached hydrogens (primary N) is 1. The van der Waals surface area contributed by atoms with E-state index in [1.165, 1.54) is 4.90 Å². The molecule has 0 atom stereocenters. The average Bonchev–Trinajstić information content (AvgIpc) is 2.68. The van der Waals surface area contributed by atoms with E-state index in [4.69, 9.17) is 10.5 Å². The molecule has 0 radical (unpaired) electrons. The number of ether oxygens (including phenoxy) is 1. The first-order valence-electron chi connectivity index (χ1n) is 9.84. The molecular weight excluding hydrogens is 380 g/mol. The number of amides is 1.